The number of ether oxygens (including phenoxy) is 1. The van der Waals surface area contributed by atoms with Crippen LogP contribution in [0.2, 0.25) is 0 Å². The average Bonchev–Trinajstić information content (AvgIpc) is 3.00. The highest BCUT2D eigenvalue weighted by Gasteiger charge is 2.21. The predicted molar refractivity (Wildman–Crippen MR) is 106 cm³/mol. The van der Waals surface area contributed by atoms with Crippen LogP contribution in [0.3, 0.4) is 0 Å². The first-order valence-electron chi connectivity index (χ1n) is 8.83. The van der Waals surface area contributed by atoms with Crippen molar-refractivity contribution in [1.29, 1.82) is 0 Å². The second kappa shape index (κ2) is 8.76. The van der Waals surface area contributed by atoms with Gasteiger partial charge in [0.2, 0.25) is 4.77 Å². The number of H-pyrrole nitrogens is 1. The highest BCUT2D eigenvalue weighted by atomic mass is 79.9. The Hall–Kier alpha value is -1.47. The van der Waals surface area contributed by atoms with Gasteiger partial charge >= 0.3 is 0 Å². The van der Waals surface area contributed by atoms with Gasteiger partial charge in [-0.05, 0) is 71.2 Å². The molecular formula is C18H23BrN4OS. The van der Waals surface area contributed by atoms with Crippen LogP contribution in [0, 0.1) is 4.77 Å². The van der Waals surface area contributed by atoms with E-state index in [0.29, 0.717) is 17.3 Å². The zero-order chi connectivity index (χ0) is 17.6. The number of aromatic nitrogens is 3. The van der Waals surface area contributed by atoms with Crippen LogP contribution in [0.5, 0.6) is 5.75 Å². The lowest BCUT2D eigenvalue weighted by Gasteiger charge is -2.19. The molecule has 1 saturated carbocycles. The van der Waals surface area contributed by atoms with E-state index in [9.17, 15) is 0 Å². The molecule has 1 aliphatic carbocycles. The number of benzene rings is 1. The molecule has 0 radical (unpaired) electrons. The van der Waals surface area contributed by atoms with Gasteiger partial charge in [0.1, 0.15) is 5.75 Å². The minimum Gasteiger partial charge on any atom is -0.492 e. The molecule has 1 aromatic carbocycles. The number of aromatic amines is 1. The first-order chi connectivity index (χ1) is 12.2. The smallest absolute Gasteiger partial charge is 0.216 e. The van der Waals surface area contributed by atoms with E-state index in [1.807, 2.05) is 24.4 Å². The third kappa shape index (κ3) is 4.58. The molecule has 0 atom stereocenters. The summed E-state index contributed by atoms with van der Waals surface area (Å²) in [5.41, 5.74) is 0.980. The van der Waals surface area contributed by atoms with Gasteiger partial charge < -0.3 is 4.74 Å². The predicted octanol–water partition coefficient (Wildman–Crippen LogP) is 5.42. The molecule has 5 nitrogen and oxygen atoms in total. The number of halogens is 1. The van der Waals surface area contributed by atoms with Crippen molar-refractivity contribution in [2.24, 2.45) is 5.10 Å². The molecule has 1 aliphatic rings. The molecule has 0 unspecified atom stereocenters. The van der Waals surface area contributed by atoms with Crippen molar-refractivity contribution in [2.75, 3.05) is 6.61 Å². The SMILES string of the molecule is CCCOc1ccc(/C=N\n2c(C3CCCCC3)n[nH]c2=S)cc1Br. The number of nitrogens with one attached hydrogen (secondary N) is 1. The van der Waals surface area contributed by atoms with Gasteiger partial charge in [-0.25, -0.2) is 0 Å². The first kappa shape index (κ1) is 18.3. The van der Waals surface area contributed by atoms with Crippen LogP contribution in [0.25, 0.3) is 0 Å². The molecule has 1 fully saturated rings. The molecular weight excluding hydrogens is 400 g/mol. The fourth-order valence-electron chi connectivity index (χ4n) is 3.09. The maximum absolute atomic E-state index is 5.68. The van der Waals surface area contributed by atoms with Crippen LogP contribution in [0.4, 0.5) is 0 Å². The second-order valence-electron chi connectivity index (χ2n) is 6.32. The van der Waals surface area contributed by atoms with Crippen molar-refractivity contribution in [3.05, 3.63) is 38.8 Å². The van der Waals surface area contributed by atoms with Crippen molar-refractivity contribution >= 4 is 34.4 Å². The van der Waals surface area contributed by atoms with Crippen LogP contribution in [-0.2, 0) is 0 Å². The second-order valence-corrected chi connectivity index (χ2v) is 7.56. The fraction of sp³-hybridized carbons (Fsp3) is 0.500. The third-order valence-electron chi connectivity index (χ3n) is 4.39. The Bertz CT molecular complexity index is 793. The Morgan fingerprint density at radius 1 is 1.40 bits per heavy atom. The molecule has 1 N–H and O–H groups in total. The lowest BCUT2D eigenvalue weighted by atomic mass is 9.89. The minimum absolute atomic E-state index is 0.440. The van der Waals surface area contributed by atoms with Gasteiger partial charge in [-0.1, -0.05) is 26.2 Å². The third-order valence-corrected chi connectivity index (χ3v) is 5.27. The maximum atomic E-state index is 5.68. The Labute approximate surface area is 161 Å². The van der Waals surface area contributed by atoms with Crippen LogP contribution in [0.15, 0.2) is 27.8 Å². The van der Waals surface area contributed by atoms with Crippen molar-refractivity contribution < 1.29 is 4.74 Å². The molecule has 1 aromatic heterocycles. The Kier molecular flexibility index (Phi) is 6.42. The number of hydrogen-bond donors (Lipinski definition) is 1. The molecule has 25 heavy (non-hydrogen) atoms. The largest absolute Gasteiger partial charge is 0.492 e. The Morgan fingerprint density at radius 2 is 2.20 bits per heavy atom. The first-order valence-corrected chi connectivity index (χ1v) is 10.0. The monoisotopic (exact) mass is 422 g/mol. The summed E-state index contributed by atoms with van der Waals surface area (Å²) in [4.78, 5) is 0. The summed E-state index contributed by atoms with van der Waals surface area (Å²) in [7, 11) is 0. The van der Waals surface area contributed by atoms with Crippen molar-refractivity contribution in [3.63, 3.8) is 0 Å². The molecule has 0 bridgehead atoms. The van der Waals surface area contributed by atoms with E-state index in [1.54, 1.807) is 4.68 Å². The summed E-state index contributed by atoms with van der Waals surface area (Å²) in [6, 6.07) is 5.94. The number of nitrogens with zero attached hydrogens (tertiary/aromatic N) is 3. The van der Waals surface area contributed by atoms with E-state index >= 15 is 0 Å². The molecule has 0 aliphatic heterocycles. The summed E-state index contributed by atoms with van der Waals surface area (Å²) in [5.74, 6) is 2.24. The van der Waals surface area contributed by atoms with Crippen LogP contribution < -0.4 is 4.74 Å². The zero-order valence-electron chi connectivity index (χ0n) is 14.4. The van der Waals surface area contributed by atoms with Gasteiger partial charge in [-0.3, -0.25) is 5.10 Å². The van der Waals surface area contributed by atoms with Crippen LogP contribution in [0.1, 0.15) is 62.8 Å². The van der Waals surface area contributed by atoms with E-state index in [-0.39, 0.29) is 0 Å². The van der Waals surface area contributed by atoms with Crippen molar-refractivity contribution in [3.8, 4) is 5.75 Å². The van der Waals surface area contributed by atoms with E-state index in [1.165, 1.54) is 19.3 Å². The summed E-state index contributed by atoms with van der Waals surface area (Å²) < 4.78 is 8.91. The number of rotatable bonds is 6. The van der Waals surface area contributed by atoms with E-state index in [4.69, 9.17) is 17.0 Å². The van der Waals surface area contributed by atoms with Gasteiger partial charge in [0.25, 0.3) is 0 Å². The maximum Gasteiger partial charge on any atom is 0.216 e. The van der Waals surface area contributed by atoms with Gasteiger partial charge in [-0.2, -0.15) is 14.9 Å². The average molecular weight is 423 g/mol. The summed E-state index contributed by atoms with van der Waals surface area (Å²) in [6.07, 6.45) is 8.92. The van der Waals surface area contributed by atoms with Gasteiger partial charge in [-0.15, -0.1) is 0 Å². The molecule has 134 valence electrons. The molecule has 0 saturated heterocycles. The minimum atomic E-state index is 0.440. The van der Waals surface area contributed by atoms with Crippen LogP contribution in [-0.4, -0.2) is 27.7 Å². The van der Waals surface area contributed by atoms with Gasteiger partial charge in [0, 0.05) is 5.92 Å². The lowest BCUT2D eigenvalue weighted by Crippen LogP contribution is -2.10. The molecule has 3 rings (SSSR count). The lowest BCUT2D eigenvalue weighted by molar-refractivity contribution is 0.315. The normalized spacial score (nSPS) is 15.8. The standard InChI is InChI=1S/C18H23BrN4OS/c1-2-10-24-16-9-8-13(11-15(16)19)12-20-23-17(21-22-18(23)25)14-6-4-3-5-7-14/h8-9,11-12,14H,2-7,10H2,1H3,(H,22,25)/b20-12-. The fourth-order valence-corrected chi connectivity index (χ4v) is 3.79. The molecule has 0 amide bonds. The topological polar surface area (TPSA) is 55.2 Å². The van der Waals surface area contributed by atoms with Gasteiger partial charge in [0.05, 0.1) is 17.3 Å². The number of hydrogen-bond acceptors (Lipinski definition) is 4. The Morgan fingerprint density at radius 3 is 2.92 bits per heavy atom. The summed E-state index contributed by atoms with van der Waals surface area (Å²) in [5, 5.41) is 11.9. The molecule has 7 heteroatoms. The van der Waals surface area contributed by atoms with E-state index in [2.05, 4.69) is 38.2 Å². The summed E-state index contributed by atoms with van der Waals surface area (Å²) >= 11 is 8.91. The summed E-state index contributed by atoms with van der Waals surface area (Å²) in [6.45, 7) is 2.80. The zero-order valence-corrected chi connectivity index (χ0v) is 16.8. The quantitative estimate of drug-likeness (QED) is 0.499. The van der Waals surface area contributed by atoms with E-state index in [0.717, 1.165) is 40.9 Å². The van der Waals surface area contributed by atoms with Crippen molar-refractivity contribution in [1.82, 2.24) is 14.9 Å². The highest BCUT2D eigenvalue weighted by Crippen LogP contribution is 2.31. The van der Waals surface area contributed by atoms with Crippen molar-refractivity contribution in [2.45, 2.75) is 51.4 Å². The van der Waals surface area contributed by atoms with Crippen LogP contribution >= 0.6 is 28.1 Å². The highest BCUT2D eigenvalue weighted by molar-refractivity contribution is 9.10. The molecule has 0 spiro atoms. The molecule has 2 aromatic rings. The Balaban J connectivity index is 1.79. The molecule has 1 heterocycles. The van der Waals surface area contributed by atoms with E-state index < -0.39 is 0 Å². The van der Waals surface area contributed by atoms with Gasteiger partial charge in [0.15, 0.2) is 5.82 Å².